The molecule has 0 radical (unpaired) electrons. The standard InChI is InChI=1S/C31H40ClN3O5/c1-6-15-33-16-9-13-30(7-2)23(27(33)37)24-28(38)35(22(18-36)19(3)4)26-29(39)34(17-10-14-31(24,26)40-30)25-20(5)11-8-12-21(25)32/h8-14,19,22-24,26,36H,6-7,15-18H2,1-5H3/t22-,23-,24-,26?,30+,31-/m0/s1. The smallest absolute Gasteiger partial charge is 0.253 e. The van der Waals surface area contributed by atoms with Gasteiger partial charge in [-0.2, -0.15) is 0 Å². The van der Waals surface area contributed by atoms with E-state index in [0.717, 1.165) is 12.0 Å². The van der Waals surface area contributed by atoms with Crippen LogP contribution >= 0.6 is 11.6 Å². The zero-order valence-electron chi connectivity index (χ0n) is 24.0. The Morgan fingerprint density at radius 3 is 2.40 bits per heavy atom. The first kappa shape index (κ1) is 28.8. The number of nitrogens with zero attached hydrogens (tertiary/aromatic N) is 3. The number of fused-ring (bicyclic) bond motifs is 2. The summed E-state index contributed by atoms with van der Waals surface area (Å²) in [5.74, 6) is -2.63. The molecule has 1 spiro atoms. The molecule has 5 rings (SSSR count). The average Bonchev–Trinajstić information content (AvgIpc) is 3.21. The highest BCUT2D eigenvalue weighted by Crippen LogP contribution is 2.59. The fourth-order valence-corrected chi connectivity index (χ4v) is 7.69. The molecule has 1 aromatic carbocycles. The number of ether oxygens (including phenoxy) is 1. The number of hydrogen-bond donors (Lipinski definition) is 1. The summed E-state index contributed by atoms with van der Waals surface area (Å²) in [7, 11) is 0. The molecule has 2 saturated heterocycles. The largest absolute Gasteiger partial charge is 0.394 e. The van der Waals surface area contributed by atoms with E-state index in [1.54, 1.807) is 15.9 Å². The molecule has 216 valence electrons. The number of para-hydroxylation sites is 1. The highest BCUT2D eigenvalue weighted by Gasteiger charge is 2.76. The van der Waals surface area contributed by atoms with Gasteiger partial charge in [-0.15, -0.1) is 0 Å². The van der Waals surface area contributed by atoms with E-state index in [-0.39, 0.29) is 36.8 Å². The lowest BCUT2D eigenvalue weighted by atomic mass is 9.73. The molecular formula is C31H40ClN3O5. The molecule has 2 fully saturated rings. The number of aryl methyl sites for hydroxylation is 1. The van der Waals surface area contributed by atoms with Gasteiger partial charge in [0.05, 0.1) is 40.8 Å². The molecule has 8 nitrogen and oxygen atoms in total. The van der Waals surface area contributed by atoms with E-state index in [9.17, 15) is 19.5 Å². The second-order valence-corrected chi connectivity index (χ2v) is 12.2. The number of likely N-dealkylation sites (tertiary alicyclic amines) is 1. The molecule has 40 heavy (non-hydrogen) atoms. The molecule has 0 aliphatic carbocycles. The van der Waals surface area contributed by atoms with E-state index in [1.165, 1.54) is 4.90 Å². The zero-order valence-corrected chi connectivity index (χ0v) is 24.7. The number of hydrogen-bond acceptors (Lipinski definition) is 5. The van der Waals surface area contributed by atoms with Gasteiger partial charge in [0.2, 0.25) is 11.8 Å². The summed E-state index contributed by atoms with van der Waals surface area (Å²) in [5.41, 5.74) is -0.997. The van der Waals surface area contributed by atoms with Crippen molar-refractivity contribution >= 4 is 35.0 Å². The zero-order chi connectivity index (χ0) is 29.0. The maximum absolute atomic E-state index is 14.7. The molecule has 6 atom stereocenters. The predicted octanol–water partition coefficient (Wildman–Crippen LogP) is 3.74. The number of rotatable bonds is 7. The second-order valence-electron chi connectivity index (χ2n) is 11.8. The lowest BCUT2D eigenvalue weighted by Crippen LogP contribution is -2.60. The lowest BCUT2D eigenvalue weighted by molar-refractivity contribution is -0.153. The van der Waals surface area contributed by atoms with Crippen molar-refractivity contribution in [2.24, 2.45) is 17.8 Å². The van der Waals surface area contributed by atoms with Gasteiger partial charge < -0.3 is 24.5 Å². The monoisotopic (exact) mass is 569 g/mol. The highest BCUT2D eigenvalue weighted by molar-refractivity contribution is 6.34. The minimum Gasteiger partial charge on any atom is -0.394 e. The first-order valence-electron chi connectivity index (χ1n) is 14.4. The number of carbonyl (C=O) groups is 3. The maximum Gasteiger partial charge on any atom is 0.253 e. The molecule has 4 aliphatic heterocycles. The van der Waals surface area contributed by atoms with Crippen LogP contribution in [0, 0.1) is 24.7 Å². The fourth-order valence-electron chi connectivity index (χ4n) is 7.36. The molecule has 9 heteroatoms. The number of carbonyl (C=O) groups excluding carboxylic acids is 3. The number of halogens is 1. The maximum atomic E-state index is 14.7. The number of aliphatic hydroxyl groups excluding tert-OH is 1. The van der Waals surface area contributed by atoms with Gasteiger partial charge in [-0.1, -0.05) is 75.7 Å². The molecule has 0 saturated carbocycles. The predicted molar refractivity (Wildman–Crippen MR) is 154 cm³/mol. The first-order valence-corrected chi connectivity index (χ1v) is 14.8. The van der Waals surface area contributed by atoms with Crippen molar-refractivity contribution in [3.63, 3.8) is 0 Å². The molecule has 0 bridgehead atoms. The van der Waals surface area contributed by atoms with Crippen LogP contribution < -0.4 is 4.90 Å². The Balaban J connectivity index is 1.72. The normalized spacial score (nSPS) is 32.4. The van der Waals surface area contributed by atoms with Crippen LogP contribution in [-0.4, -0.2) is 82.2 Å². The molecule has 0 aromatic heterocycles. The van der Waals surface area contributed by atoms with Crippen LogP contribution in [0.3, 0.4) is 0 Å². The molecule has 1 aromatic rings. The number of anilines is 1. The van der Waals surface area contributed by atoms with Crippen LogP contribution in [-0.2, 0) is 19.1 Å². The Labute approximate surface area is 241 Å². The SMILES string of the molecule is CCCN1CC=C[C@@]2(CC)O[C@]34C=CCN(c5c(C)cccc5Cl)C(=O)C3N([C@@H](CO)C(C)C)C(=O)[C@@H]4[C@H]2C1=O. The molecule has 1 unspecified atom stereocenters. The van der Waals surface area contributed by atoms with E-state index < -0.39 is 35.1 Å². The summed E-state index contributed by atoms with van der Waals surface area (Å²) in [5, 5.41) is 10.9. The molecular weight excluding hydrogens is 530 g/mol. The Hall–Kier alpha value is -2.68. The Bertz CT molecular complexity index is 1240. The van der Waals surface area contributed by atoms with Gasteiger partial charge in [-0.05, 0) is 37.3 Å². The molecule has 3 amide bonds. The number of amides is 3. The molecule has 4 heterocycles. The Kier molecular flexibility index (Phi) is 7.66. The minimum atomic E-state index is -1.38. The van der Waals surface area contributed by atoms with Crippen LogP contribution in [0.1, 0.15) is 46.1 Å². The van der Waals surface area contributed by atoms with Gasteiger partial charge in [0.15, 0.2) is 0 Å². The summed E-state index contributed by atoms with van der Waals surface area (Å²) in [6.07, 6.45) is 8.86. The second kappa shape index (κ2) is 10.6. The van der Waals surface area contributed by atoms with Gasteiger partial charge >= 0.3 is 0 Å². The van der Waals surface area contributed by atoms with Gasteiger partial charge in [-0.25, -0.2) is 0 Å². The topological polar surface area (TPSA) is 90.4 Å². The summed E-state index contributed by atoms with van der Waals surface area (Å²) >= 11 is 6.64. The average molecular weight is 570 g/mol. The van der Waals surface area contributed by atoms with E-state index in [1.807, 2.05) is 71.1 Å². The van der Waals surface area contributed by atoms with E-state index in [4.69, 9.17) is 16.3 Å². The van der Waals surface area contributed by atoms with Crippen LogP contribution in [0.5, 0.6) is 0 Å². The first-order chi connectivity index (χ1) is 19.1. The lowest BCUT2D eigenvalue weighted by Gasteiger charge is -2.42. The van der Waals surface area contributed by atoms with Crippen LogP contribution in [0.15, 0.2) is 42.5 Å². The van der Waals surface area contributed by atoms with E-state index in [2.05, 4.69) is 0 Å². The van der Waals surface area contributed by atoms with Crippen molar-refractivity contribution in [2.45, 2.75) is 70.7 Å². The quantitative estimate of drug-likeness (QED) is 0.505. The summed E-state index contributed by atoms with van der Waals surface area (Å²) < 4.78 is 7.02. The fraction of sp³-hybridized carbons (Fsp3) is 0.581. The summed E-state index contributed by atoms with van der Waals surface area (Å²) in [4.78, 5) is 48.5. The van der Waals surface area contributed by atoms with Crippen molar-refractivity contribution in [3.05, 3.63) is 53.1 Å². The van der Waals surface area contributed by atoms with Gasteiger partial charge in [0, 0.05) is 19.6 Å². The number of aliphatic hydroxyl groups is 1. The van der Waals surface area contributed by atoms with Crippen molar-refractivity contribution in [3.8, 4) is 0 Å². The minimum absolute atomic E-state index is 0.126. The third kappa shape index (κ3) is 4.05. The third-order valence-corrected chi connectivity index (χ3v) is 9.53. The third-order valence-electron chi connectivity index (χ3n) is 9.23. The van der Waals surface area contributed by atoms with Crippen molar-refractivity contribution < 1.29 is 24.2 Å². The molecule has 1 N–H and O–H groups in total. The summed E-state index contributed by atoms with van der Waals surface area (Å²) in [6.45, 7) is 10.7. The van der Waals surface area contributed by atoms with Gasteiger partial charge in [0.25, 0.3) is 5.91 Å². The van der Waals surface area contributed by atoms with Crippen molar-refractivity contribution in [2.75, 3.05) is 31.1 Å². The van der Waals surface area contributed by atoms with E-state index >= 15 is 0 Å². The summed E-state index contributed by atoms with van der Waals surface area (Å²) in [6, 6.07) is 3.77. The van der Waals surface area contributed by atoms with Crippen LogP contribution in [0.2, 0.25) is 5.02 Å². The van der Waals surface area contributed by atoms with Crippen LogP contribution in [0.25, 0.3) is 0 Å². The Morgan fingerprint density at radius 2 is 1.77 bits per heavy atom. The highest BCUT2D eigenvalue weighted by atomic mass is 35.5. The Morgan fingerprint density at radius 1 is 1.05 bits per heavy atom. The van der Waals surface area contributed by atoms with Gasteiger partial charge in [-0.3, -0.25) is 14.4 Å². The van der Waals surface area contributed by atoms with Crippen molar-refractivity contribution in [1.29, 1.82) is 0 Å². The van der Waals surface area contributed by atoms with Crippen LogP contribution in [0.4, 0.5) is 5.69 Å². The van der Waals surface area contributed by atoms with Crippen molar-refractivity contribution in [1.82, 2.24) is 9.80 Å². The van der Waals surface area contributed by atoms with Gasteiger partial charge in [0.1, 0.15) is 11.6 Å². The molecule has 4 aliphatic rings. The van der Waals surface area contributed by atoms with E-state index in [0.29, 0.717) is 30.2 Å². The number of benzene rings is 1.